The lowest BCUT2D eigenvalue weighted by atomic mass is 10.4. The molecule has 2 aromatic rings. The first-order valence-electron chi connectivity index (χ1n) is 5.89. The van der Waals surface area contributed by atoms with Gasteiger partial charge in [0.15, 0.2) is 5.16 Å². The highest BCUT2D eigenvalue weighted by Gasteiger charge is 2.30. The fourth-order valence-corrected chi connectivity index (χ4v) is 3.02. The molecule has 2 aromatic heterocycles. The molecule has 0 unspecified atom stereocenters. The van der Waals surface area contributed by atoms with Crippen LogP contribution in [-0.4, -0.2) is 36.6 Å². The summed E-state index contributed by atoms with van der Waals surface area (Å²) in [5, 5.41) is 19.7. The van der Waals surface area contributed by atoms with Gasteiger partial charge in [-0.15, -0.1) is 21.5 Å². The van der Waals surface area contributed by atoms with E-state index in [0.717, 1.165) is 24.4 Å². The SMILES string of the molecule is O=C(O)CSc1nnc(C2CC2)n1Cc1cscn1. The van der Waals surface area contributed by atoms with Crippen LogP contribution in [0.2, 0.25) is 0 Å². The van der Waals surface area contributed by atoms with Crippen LogP contribution in [0.5, 0.6) is 0 Å². The zero-order valence-corrected chi connectivity index (χ0v) is 11.7. The molecular weight excluding hydrogens is 284 g/mol. The topological polar surface area (TPSA) is 80.9 Å². The van der Waals surface area contributed by atoms with E-state index in [2.05, 4.69) is 15.2 Å². The minimum atomic E-state index is -0.846. The predicted octanol–water partition coefficient (Wildman–Crippen LogP) is 1.84. The molecule has 100 valence electrons. The molecule has 0 saturated heterocycles. The van der Waals surface area contributed by atoms with Crippen molar-refractivity contribution in [2.45, 2.75) is 30.5 Å². The van der Waals surface area contributed by atoms with Crippen molar-refractivity contribution in [1.29, 1.82) is 0 Å². The van der Waals surface area contributed by atoms with E-state index in [1.54, 1.807) is 16.8 Å². The maximum absolute atomic E-state index is 10.7. The monoisotopic (exact) mass is 296 g/mol. The van der Waals surface area contributed by atoms with Crippen LogP contribution in [0.1, 0.15) is 30.3 Å². The van der Waals surface area contributed by atoms with E-state index >= 15 is 0 Å². The number of rotatable bonds is 6. The van der Waals surface area contributed by atoms with E-state index in [0.29, 0.717) is 17.6 Å². The Morgan fingerprint density at radius 1 is 1.53 bits per heavy atom. The Morgan fingerprint density at radius 2 is 2.37 bits per heavy atom. The van der Waals surface area contributed by atoms with Crippen LogP contribution in [-0.2, 0) is 11.3 Å². The van der Waals surface area contributed by atoms with Crippen LogP contribution in [0.15, 0.2) is 16.0 Å². The van der Waals surface area contributed by atoms with Crippen molar-refractivity contribution < 1.29 is 9.90 Å². The molecule has 1 saturated carbocycles. The predicted molar refractivity (Wildman–Crippen MR) is 71.6 cm³/mol. The quantitative estimate of drug-likeness (QED) is 0.819. The molecule has 19 heavy (non-hydrogen) atoms. The summed E-state index contributed by atoms with van der Waals surface area (Å²) in [5.74, 6) is 0.590. The highest BCUT2D eigenvalue weighted by atomic mass is 32.2. The third-order valence-electron chi connectivity index (χ3n) is 2.82. The third-order valence-corrected chi connectivity index (χ3v) is 4.40. The maximum atomic E-state index is 10.7. The van der Waals surface area contributed by atoms with E-state index < -0.39 is 5.97 Å². The Balaban J connectivity index is 1.84. The van der Waals surface area contributed by atoms with Crippen molar-refractivity contribution in [3.05, 3.63) is 22.4 Å². The van der Waals surface area contributed by atoms with Gasteiger partial charge in [0.05, 0.1) is 23.5 Å². The van der Waals surface area contributed by atoms with Crippen LogP contribution < -0.4 is 0 Å². The van der Waals surface area contributed by atoms with Crippen molar-refractivity contribution in [2.75, 3.05) is 5.75 Å². The lowest BCUT2D eigenvalue weighted by Crippen LogP contribution is -2.07. The lowest BCUT2D eigenvalue weighted by Gasteiger charge is -2.07. The van der Waals surface area contributed by atoms with Gasteiger partial charge >= 0.3 is 5.97 Å². The molecule has 0 aliphatic heterocycles. The summed E-state index contributed by atoms with van der Waals surface area (Å²) in [6.07, 6.45) is 2.28. The van der Waals surface area contributed by atoms with Crippen LogP contribution >= 0.6 is 23.1 Å². The largest absolute Gasteiger partial charge is 0.481 e. The van der Waals surface area contributed by atoms with Gasteiger partial charge in [-0.05, 0) is 12.8 Å². The van der Waals surface area contributed by atoms with Gasteiger partial charge in [0, 0.05) is 11.3 Å². The van der Waals surface area contributed by atoms with Crippen LogP contribution in [0.4, 0.5) is 0 Å². The highest BCUT2D eigenvalue weighted by molar-refractivity contribution is 7.99. The summed E-state index contributed by atoms with van der Waals surface area (Å²) in [6.45, 7) is 0.615. The standard InChI is InChI=1S/C11H12N4O2S2/c16-9(17)5-19-11-14-13-10(7-1-2-7)15(11)3-8-4-18-6-12-8/h4,6-7H,1-3,5H2,(H,16,17). The summed E-state index contributed by atoms with van der Waals surface area (Å²) < 4.78 is 2.00. The number of hydrogen-bond donors (Lipinski definition) is 1. The van der Waals surface area contributed by atoms with Gasteiger partial charge in [-0.3, -0.25) is 9.36 Å². The van der Waals surface area contributed by atoms with E-state index in [1.165, 1.54) is 11.8 Å². The average Bonchev–Trinajstić information content (AvgIpc) is 2.95. The van der Waals surface area contributed by atoms with Crippen LogP contribution in [0.25, 0.3) is 0 Å². The number of nitrogens with zero attached hydrogens (tertiary/aromatic N) is 4. The minimum absolute atomic E-state index is 0.000133. The first-order valence-corrected chi connectivity index (χ1v) is 7.81. The Labute approximate surface area is 117 Å². The minimum Gasteiger partial charge on any atom is -0.481 e. The van der Waals surface area contributed by atoms with Gasteiger partial charge in [-0.1, -0.05) is 11.8 Å². The third kappa shape index (κ3) is 2.95. The Hall–Kier alpha value is -1.41. The molecule has 3 rings (SSSR count). The number of thiazole rings is 1. The van der Waals surface area contributed by atoms with E-state index in [-0.39, 0.29) is 5.75 Å². The summed E-state index contributed by atoms with van der Waals surface area (Å²) in [6, 6.07) is 0. The molecule has 1 N–H and O–H groups in total. The Morgan fingerprint density at radius 3 is 3.00 bits per heavy atom. The zero-order valence-electron chi connectivity index (χ0n) is 10.0. The molecule has 1 aliphatic rings. The number of thioether (sulfide) groups is 1. The van der Waals surface area contributed by atoms with Crippen LogP contribution in [0, 0.1) is 0 Å². The number of carboxylic acid groups (broad SMARTS) is 1. The van der Waals surface area contributed by atoms with Crippen molar-refractivity contribution in [2.24, 2.45) is 0 Å². The fraction of sp³-hybridized carbons (Fsp3) is 0.455. The van der Waals surface area contributed by atoms with Gasteiger partial charge in [0.25, 0.3) is 0 Å². The summed E-state index contributed by atoms with van der Waals surface area (Å²) >= 11 is 2.76. The molecular formula is C11H12N4O2S2. The number of carboxylic acids is 1. The van der Waals surface area contributed by atoms with Crippen molar-refractivity contribution >= 4 is 29.1 Å². The second kappa shape index (κ2) is 5.30. The van der Waals surface area contributed by atoms with Crippen molar-refractivity contribution in [1.82, 2.24) is 19.7 Å². The molecule has 0 amide bonds. The normalized spacial score (nSPS) is 14.7. The highest BCUT2D eigenvalue weighted by Crippen LogP contribution is 2.40. The van der Waals surface area contributed by atoms with Crippen molar-refractivity contribution in [3.63, 3.8) is 0 Å². The van der Waals surface area contributed by atoms with Crippen LogP contribution in [0.3, 0.4) is 0 Å². The fourth-order valence-electron chi connectivity index (χ4n) is 1.80. The first kappa shape index (κ1) is 12.6. The molecule has 0 aromatic carbocycles. The molecule has 1 aliphatic carbocycles. The second-order valence-corrected chi connectivity index (χ2v) is 6.02. The Kier molecular flexibility index (Phi) is 3.52. The number of carbonyl (C=O) groups is 1. The zero-order chi connectivity index (χ0) is 13.2. The maximum Gasteiger partial charge on any atom is 0.313 e. The summed E-state index contributed by atoms with van der Waals surface area (Å²) in [7, 11) is 0. The first-order chi connectivity index (χ1) is 9.24. The van der Waals surface area contributed by atoms with Gasteiger partial charge in [-0.2, -0.15) is 0 Å². The van der Waals surface area contributed by atoms with Crippen molar-refractivity contribution in [3.8, 4) is 0 Å². The molecule has 2 heterocycles. The number of aliphatic carboxylic acids is 1. The number of aromatic nitrogens is 4. The molecule has 0 radical (unpaired) electrons. The van der Waals surface area contributed by atoms with E-state index in [4.69, 9.17) is 5.11 Å². The summed E-state index contributed by atoms with van der Waals surface area (Å²) in [4.78, 5) is 14.9. The van der Waals surface area contributed by atoms with Gasteiger partial charge in [0.2, 0.25) is 0 Å². The summed E-state index contributed by atoms with van der Waals surface area (Å²) in [5.41, 5.74) is 2.75. The molecule has 0 bridgehead atoms. The molecule has 8 heteroatoms. The molecule has 0 spiro atoms. The molecule has 0 atom stereocenters. The Bertz CT molecular complexity index is 578. The molecule has 6 nitrogen and oxygen atoms in total. The van der Waals surface area contributed by atoms with E-state index in [9.17, 15) is 4.79 Å². The number of hydrogen-bond acceptors (Lipinski definition) is 6. The van der Waals surface area contributed by atoms with Gasteiger partial charge in [0.1, 0.15) is 5.82 Å². The van der Waals surface area contributed by atoms with E-state index in [1.807, 2.05) is 9.95 Å². The van der Waals surface area contributed by atoms with Gasteiger partial charge < -0.3 is 5.11 Å². The second-order valence-electron chi connectivity index (χ2n) is 4.36. The molecule has 1 fully saturated rings. The smallest absolute Gasteiger partial charge is 0.313 e. The lowest BCUT2D eigenvalue weighted by molar-refractivity contribution is -0.133. The average molecular weight is 296 g/mol. The van der Waals surface area contributed by atoms with Gasteiger partial charge in [-0.25, -0.2) is 4.98 Å².